The van der Waals surface area contributed by atoms with Crippen molar-refractivity contribution in [1.82, 2.24) is 34.4 Å². The van der Waals surface area contributed by atoms with E-state index >= 15 is 0 Å². The fraction of sp³-hybridized carbons (Fsp3) is 0.526. The lowest BCUT2D eigenvalue weighted by atomic mass is 10.3. The number of hydrogen-bond donors (Lipinski definition) is 0. The Balaban J connectivity index is 1.65. The van der Waals surface area contributed by atoms with Gasteiger partial charge in [0, 0.05) is 25.8 Å². The number of imidazole rings is 1. The molecule has 0 unspecified atom stereocenters. The molecule has 0 bridgehead atoms. The van der Waals surface area contributed by atoms with Crippen molar-refractivity contribution < 1.29 is 17.9 Å². The molecule has 166 valence electrons. The summed E-state index contributed by atoms with van der Waals surface area (Å²) < 4.78 is 45.6. The molecule has 1 aliphatic rings. The van der Waals surface area contributed by atoms with E-state index in [0.29, 0.717) is 62.4 Å². The van der Waals surface area contributed by atoms with Gasteiger partial charge in [0.2, 0.25) is 0 Å². The molecule has 3 aromatic heterocycles. The zero-order valence-electron chi connectivity index (χ0n) is 17.3. The van der Waals surface area contributed by atoms with E-state index in [0.717, 1.165) is 10.3 Å². The van der Waals surface area contributed by atoms with Crippen molar-refractivity contribution >= 4 is 17.0 Å². The number of aromatic nitrogens is 6. The van der Waals surface area contributed by atoms with Crippen molar-refractivity contribution in [3.63, 3.8) is 0 Å². The number of ether oxygens (including phenoxy) is 1. The predicted molar refractivity (Wildman–Crippen MR) is 106 cm³/mol. The van der Waals surface area contributed by atoms with Crippen LogP contribution in [0.25, 0.3) is 11.2 Å². The van der Waals surface area contributed by atoms with Crippen molar-refractivity contribution in [2.24, 2.45) is 0 Å². The fourth-order valence-electron chi connectivity index (χ4n) is 3.52. The zero-order chi connectivity index (χ0) is 22.0. The molecule has 12 heteroatoms. The molecule has 0 aliphatic carbocycles. The van der Waals surface area contributed by atoms with E-state index in [1.54, 1.807) is 6.20 Å². The molecule has 0 atom stereocenters. The topological polar surface area (TPSA) is 85.1 Å². The van der Waals surface area contributed by atoms with Gasteiger partial charge in [0.15, 0.2) is 17.0 Å². The van der Waals surface area contributed by atoms with Crippen LogP contribution in [0.1, 0.15) is 17.3 Å². The Morgan fingerprint density at radius 3 is 2.58 bits per heavy atom. The third-order valence-electron chi connectivity index (χ3n) is 4.83. The molecule has 0 saturated carbocycles. The highest BCUT2D eigenvalue weighted by atomic mass is 19.4. The van der Waals surface area contributed by atoms with Gasteiger partial charge < -0.3 is 14.2 Å². The first-order valence-corrected chi connectivity index (χ1v) is 9.87. The number of hydrogen-bond acceptors (Lipinski definition) is 8. The number of aryl methyl sites for hydroxylation is 1. The van der Waals surface area contributed by atoms with Gasteiger partial charge in [-0.05, 0) is 20.0 Å². The summed E-state index contributed by atoms with van der Waals surface area (Å²) in [6, 6.07) is 1.82. The number of nitrogens with zero attached hydrogens (tertiary/aromatic N) is 8. The molecule has 0 spiro atoms. The van der Waals surface area contributed by atoms with E-state index in [1.807, 2.05) is 29.8 Å². The highest BCUT2D eigenvalue weighted by Gasteiger charge is 2.30. The van der Waals surface area contributed by atoms with Gasteiger partial charge in [-0.15, -0.1) is 0 Å². The van der Waals surface area contributed by atoms with Gasteiger partial charge in [0.25, 0.3) is 0 Å². The second-order valence-corrected chi connectivity index (χ2v) is 7.49. The summed E-state index contributed by atoms with van der Waals surface area (Å²) in [6.07, 6.45) is -1.51. The lowest BCUT2D eigenvalue weighted by Gasteiger charge is -2.28. The Kier molecular flexibility index (Phi) is 6.01. The minimum absolute atomic E-state index is 0.176. The van der Waals surface area contributed by atoms with E-state index < -0.39 is 12.7 Å². The van der Waals surface area contributed by atoms with E-state index in [2.05, 4.69) is 24.9 Å². The van der Waals surface area contributed by atoms with E-state index in [9.17, 15) is 13.2 Å². The lowest BCUT2D eigenvalue weighted by molar-refractivity contribution is -0.140. The molecule has 4 rings (SSSR count). The second kappa shape index (κ2) is 8.71. The molecule has 0 aromatic carbocycles. The van der Waals surface area contributed by atoms with Crippen molar-refractivity contribution in [2.75, 3.05) is 38.3 Å². The third-order valence-corrected chi connectivity index (χ3v) is 4.83. The van der Waals surface area contributed by atoms with Gasteiger partial charge in [0.1, 0.15) is 18.2 Å². The molecule has 31 heavy (non-hydrogen) atoms. The number of anilines is 1. The van der Waals surface area contributed by atoms with Crippen molar-refractivity contribution in [3.8, 4) is 0 Å². The minimum Gasteiger partial charge on any atom is -0.378 e. The van der Waals surface area contributed by atoms with Gasteiger partial charge in [-0.3, -0.25) is 4.90 Å². The maximum Gasteiger partial charge on any atom is 0.406 e. The van der Waals surface area contributed by atoms with Crippen molar-refractivity contribution in [1.29, 1.82) is 0 Å². The zero-order valence-corrected chi connectivity index (χ0v) is 17.3. The fourth-order valence-corrected chi connectivity index (χ4v) is 3.52. The first-order chi connectivity index (χ1) is 14.8. The molecular weight excluding hydrogens is 413 g/mol. The smallest absolute Gasteiger partial charge is 0.378 e. The van der Waals surface area contributed by atoms with E-state index in [-0.39, 0.29) is 5.65 Å². The highest BCUT2D eigenvalue weighted by molar-refractivity contribution is 5.83. The molecule has 0 radical (unpaired) electrons. The van der Waals surface area contributed by atoms with Crippen LogP contribution in [-0.2, 0) is 24.4 Å². The maximum absolute atomic E-state index is 13.0. The summed E-state index contributed by atoms with van der Waals surface area (Å²) in [5.74, 6) is 1.64. The summed E-state index contributed by atoms with van der Waals surface area (Å²) in [7, 11) is 1.88. The van der Waals surface area contributed by atoms with Crippen LogP contribution in [0.3, 0.4) is 0 Å². The van der Waals surface area contributed by atoms with Crippen LogP contribution in [0.4, 0.5) is 19.0 Å². The molecule has 1 saturated heterocycles. The number of fused-ring (bicyclic) bond motifs is 1. The Morgan fingerprint density at radius 1 is 1.10 bits per heavy atom. The Bertz CT molecular complexity index is 1050. The SMILES string of the molecule is Cc1nccc(CN(C)Cc2nc(N3CCOCC3)c3ncn(CC(F)(F)F)c3n2)n1. The second-order valence-electron chi connectivity index (χ2n) is 7.49. The quantitative estimate of drug-likeness (QED) is 0.580. The normalized spacial score (nSPS) is 15.2. The van der Waals surface area contributed by atoms with Crippen molar-refractivity contribution in [3.05, 3.63) is 35.9 Å². The number of rotatable bonds is 6. The van der Waals surface area contributed by atoms with Gasteiger partial charge in [-0.25, -0.2) is 24.9 Å². The molecule has 0 amide bonds. The van der Waals surface area contributed by atoms with Crippen LogP contribution in [0, 0.1) is 6.92 Å². The van der Waals surface area contributed by atoms with Crippen LogP contribution >= 0.6 is 0 Å². The Labute approximate surface area is 176 Å². The Hall–Kier alpha value is -2.86. The molecule has 0 N–H and O–H groups in total. The predicted octanol–water partition coefficient (Wildman–Crippen LogP) is 1.96. The van der Waals surface area contributed by atoms with Crippen LogP contribution in [0.2, 0.25) is 0 Å². The molecule has 1 fully saturated rings. The monoisotopic (exact) mass is 436 g/mol. The average Bonchev–Trinajstić information content (AvgIpc) is 3.09. The van der Waals surface area contributed by atoms with E-state index in [4.69, 9.17) is 4.74 Å². The van der Waals surface area contributed by atoms with Gasteiger partial charge in [0.05, 0.1) is 31.8 Å². The average molecular weight is 436 g/mol. The lowest BCUT2D eigenvalue weighted by Crippen LogP contribution is -2.37. The summed E-state index contributed by atoms with van der Waals surface area (Å²) in [4.78, 5) is 25.7. The largest absolute Gasteiger partial charge is 0.406 e. The van der Waals surface area contributed by atoms with Gasteiger partial charge >= 0.3 is 6.18 Å². The van der Waals surface area contributed by atoms with Gasteiger partial charge in [-0.2, -0.15) is 13.2 Å². The maximum atomic E-state index is 13.0. The van der Waals surface area contributed by atoms with Crippen molar-refractivity contribution in [2.45, 2.75) is 32.7 Å². The number of halogens is 3. The van der Waals surface area contributed by atoms with E-state index in [1.165, 1.54) is 6.33 Å². The number of morpholine rings is 1. The molecule has 9 nitrogen and oxygen atoms in total. The Morgan fingerprint density at radius 2 is 1.87 bits per heavy atom. The summed E-state index contributed by atoms with van der Waals surface area (Å²) in [6.45, 7) is 3.76. The molecule has 3 aromatic rings. The third kappa shape index (κ3) is 5.25. The number of alkyl halides is 3. The standard InChI is InChI=1S/C19H23F3N8O/c1-13-23-4-3-14(25-13)9-28(2)10-15-26-17(29-5-7-31-8-6-29)16-18(27-15)30(12-24-16)11-19(20,21)22/h3-4,12H,5-11H2,1-2H3. The summed E-state index contributed by atoms with van der Waals surface area (Å²) in [5.41, 5.74) is 1.38. The summed E-state index contributed by atoms with van der Waals surface area (Å²) >= 11 is 0. The summed E-state index contributed by atoms with van der Waals surface area (Å²) in [5, 5.41) is 0. The van der Waals surface area contributed by atoms with Crippen LogP contribution in [0.5, 0.6) is 0 Å². The van der Waals surface area contributed by atoms with Crippen LogP contribution in [0.15, 0.2) is 18.6 Å². The van der Waals surface area contributed by atoms with Gasteiger partial charge in [-0.1, -0.05) is 0 Å². The molecule has 1 aliphatic heterocycles. The molecular formula is C19H23F3N8O. The minimum atomic E-state index is -4.38. The first kappa shape index (κ1) is 21.4. The first-order valence-electron chi connectivity index (χ1n) is 9.87. The van der Waals surface area contributed by atoms with Crippen LogP contribution in [-0.4, -0.2) is 73.9 Å². The van der Waals surface area contributed by atoms with Crippen LogP contribution < -0.4 is 4.90 Å². The molecule has 4 heterocycles. The highest BCUT2D eigenvalue weighted by Crippen LogP contribution is 2.26.